The van der Waals surface area contributed by atoms with Gasteiger partial charge in [0.25, 0.3) is 0 Å². The van der Waals surface area contributed by atoms with Gasteiger partial charge in [0.2, 0.25) is 0 Å². The van der Waals surface area contributed by atoms with Crippen molar-refractivity contribution in [1.29, 1.82) is 0 Å². The van der Waals surface area contributed by atoms with Crippen LogP contribution in [0.4, 0.5) is 0 Å². The van der Waals surface area contributed by atoms with Gasteiger partial charge >= 0.3 is 0 Å². The van der Waals surface area contributed by atoms with E-state index in [2.05, 4.69) is 11.4 Å². The summed E-state index contributed by atoms with van der Waals surface area (Å²) in [7, 11) is 2.04. The molecule has 3 heteroatoms. The molecule has 1 saturated carbocycles. The van der Waals surface area contributed by atoms with Crippen molar-refractivity contribution in [2.24, 2.45) is 11.8 Å². The lowest BCUT2D eigenvalue weighted by atomic mass is 9.89. The van der Waals surface area contributed by atoms with Crippen LogP contribution in [-0.4, -0.2) is 13.6 Å². The number of nitrogens with one attached hydrogen (secondary N) is 1. The summed E-state index contributed by atoms with van der Waals surface area (Å²) in [6, 6.07) is 6.02. The van der Waals surface area contributed by atoms with Gasteiger partial charge in [-0.1, -0.05) is 35.7 Å². The maximum absolute atomic E-state index is 6.05. The SMILES string of the molecule is CNCC1CCCC1Cc1ccc(Cl)c(Cl)c1. The Balaban J connectivity index is 2.02. The Bertz CT molecular complexity index is 378. The maximum Gasteiger partial charge on any atom is 0.0595 e. The van der Waals surface area contributed by atoms with E-state index in [1.807, 2.05) is 19.2 Å². The van der Waals surface area contributed by atoms with Crippen LogP contribution in [0.15, 0.2) is 18.2 Å². The third kappa shape index (κ3) is 3.37. The zero-order valence-corrected chi connectivity index (χ0v) is 11.7. The molecule has 0 amide bonds. The molecule has 2 atom stereocenters. The van der Waals surface area contributed by atoms with E-state index in [9.17, 15) is 0 Å². The van der Waals surface area contributed by atoms with Crippen molar-refractivity contribution in [1.82, 2.24) is 5.32 Å². The fourth-order valence-corrected chi connectivity index (χ4v) is 3.20. The standard InChI is InChI=1S/C14H19Cl2N/c1-17-9-12-4-2-3-11(12)7-10-5-6-13(15)14(16)8-10/h5-6,8,11-12,17H,2-4,7,9H2,1H3. The molecule has 0 saturated heterocycles. The zero-order chi connectivity index (χ0) is 12.3. The molecule has 0 heterocycles. The van der Waals surface area contributed by atoms with E-state index in [1.54, 1.807) is 0 Å². The van der Waals surface area contributed by atoms with E-state index in [0.717, 1.165) is 24.8 Å². The van der Waals surface area contributed by atoms with Crippen molar-refractivity contribution in [2.75, 3.05) is 13.6 Å². The van der Waals surface area contributed by atoms with Crippen LogP contribution in [0.3, 0.4) is 0 Å². The van der Waals surface area contributed by atoms with Gasteiger partial charge in [0, 0.05) is 0 Å². The Hall–Kier alpha value is -0.240. The lowest BCUT2D eigenvalue weighted by Crippen LogP contribution is -2.23. The van der Waals surface area contributed by atoms with Crippen molar-refractivity contribution in [3.05, 3.63) is 33.8 Å². The van der Waals surface area contributed by atoms with Gasteiger partial charge in [0.05, 0.1) is 10.0 Å². The Morgan fingerprint density at radius 2 is 1.94 bits per heavy atom. The molecule has 1 fully saturated rings. The van der Waals surface area contributed by atoms with Crippen LogP contribution in [0.25, 0.3) is 0 Å². The van der Waals surface area contributed by atoms with Gasteiger partial charge in [0.1, 0.15) is 0 Å². The van der Waals surface area contributed by atoms with Crippen LogP contribution in [0, 0.1) is 11.8 Å². The second kappa shape index (κ2) is 6.08. The Morgan fingerprint density at radius 3 is 2.65 bits per heavy atom. The van der Waals surface area contributed by atoms with Gasteiger partial charge in [-0.15, -0.1) is 0 Å². The fourth-order valence-electron chi connectivity index (χ4n) is 2.88. The monoisotopic (exact) mass is 271 g/mol. The topological polar surface area (TPSA) is 12.0 Å². The van der Waals surface area contributed by atoms with Crippen LogP contribution in [0.1, 0.15) is 24.8 Å². The molecule has 1 aliphatic carbocycles. The molecule has 94 valence electrons. The maximum atomic E-state index is 6.05. The normalized spacial score (nSPS) is 24.2. The molecule has 0 aromatic heterocycles. The van der Waals surface area contributed by atoms with Crippen molar-refractivity contribution in [2.45, 2.75) is 25.7 Å². The lowest BCUT2D eigenvalue weighted by molar-refractivity contribution is 0.374. The van der Waals surface area contributed by atoms with E-state index in [1.165, 1.54) is 24.8 Å². The molecule has 1 aromatic rings. The van der Waals surface area contributed by atoms with E-state index in [0.29, 0.717) is 10.0 Å². The van der Waals surface area contributed by atoms with E-state index in [4.69, 9.17) is 23.2 Å². The number of rotatable bonds is 4. The molecule has 1 N–H and O–H groups in total. The number of halogens is 2. The van der Waals surface area contributed by atoms with Crippen LogP contribution in [-0.2, 0) is 6.42 Å². The van der Waals surface area contributed by atoms with E-state index >= 15 is 0 Å². The molecule has 1 nitrogen and oxygen atoms in total. The summed E-state index contributed by atoms with van der Waals surface area (Å²) in [5, 5.41) is 4.62. The summed E-state index contributed by atoms with van der Waals surface area (Å²) in [6.07, 6.45) is 5.18. The molecule has 2 unspecified atom stereocenters. The third-order valence-corrected chi connectivity index (χ3v) is 4.50. The first-order valence-electron chi connectivity index (χ1n) is 6.29. The molecular formula is C14H19Cl2N. The van der Waals surface area contributed by atoms with Crippen LogP contribution >= 0.6 is 23.2 Å². The zero-order valence-electron chi connectivity index (χ0n) is 10.2. The highest BCUT2D eigenvalue weighted by Gasteiger charge is 2.26. The average Bonchev–Trinajstić information content (AvgIpc) is 2.72. The summed E-state index contributed by atoms with van der Waals surface area (Å²) in [4.78, 5) is 0. The largest absolute Gasteiger partial charge is 0.319 e. The minimum Gasteiger partial charge on any atom is -0.319 e. The molecule has 1 aromatic carbocycles. The molecule has 1 aliphatic rings. The van der Waals surface area contributed by atoms with Crippen molar-refractivity contribution < 1.29 is 0 Å². The van der Waals surface area contributed by atoms with Crippen molar-refractivity contribution in [3.63, 3.8) is 0 Å². The molecule has 0 aliphatic heterocycles. The van der Waals surface area contributed by atoms with Crippen molar-refractivity contribution in [3.8, 4) is 0 Å². The Kier molecular flexibility index (Phi) is 4.72. The first kappa shape index (κ1) is 13.2. The van der Waals surface area contributed by atoms with Crippen LogP contribution < -0.4 is 5.32 Å². The van der Waals surface area contributed by atoms with Gasteiger partial charge in [-0.2, -0.15) is 0 Å². The molecule has 2 rings (SSSR count). The number of hydrogen-bond acceptors (Lipinski definition) is 1. The minimum absolute atomic E-state index is 0.647. The summed E-state index contributed by atoms with van der Waals surface area (Å²) in [5.41, 5.74) is 1.31. The summed E-state index contributed by atoms with van der Waals surface area (Å²) in [5.74, 6) is 1.61. The summed E-state index contributed by atoms with van der Waals surface area (Å²) >= 11 is 12.0. The smallest absolute Gasteiger partial charge is 0.0595 e. The molecule has 0 spiro atoms. The van der Waals surface area contributed by atoms with E-state index < -0.39 is 0 Å². The predicted octanol–water partition coefficient (Wildman–Crippen LogP) is 4.17. The van der Waals surface area contributed by atoms with Crippen LogP contribution in [0.5, 0.6) is 0 Å². The summed E-state index contributed by atoms with van der Waals surface area (Å²) < 4.78 is 0. The first-order chi connectivity index (χ1) is 8.20. The van der Waals surface area contributed by atoms with E-state index in [-0.39, 0.29) is 0 Å². The average molecular weight is 272 g/mol. The van der Waals surface area contributed by atoms with Gasteiger partial charge in [0.15, 0.2) is 0 Å². The first-order valence-corrected chi connectivity index (χ1v) is 7.05. The highest BCUT2D eigenvalue weighted by Crippen LogP contribution is 2.34. The second-order valence-electron chi connectivity index (χ2n) is 4.96. The molecular weight excluding hydrogens is 253 g/mol. The van der Waals surface area contributed by atoms with Gasteiger partial charge in [-0.05, 0) is 62.4 Å². The summed E-state index contributed by atoms with van der Waals surface area (Å²) in [6.45, 7) is 1.13. The second-order valence-corrected chi connectivity index (χ2v) is 5.78. The Morgan fingerprint density at radius 1 is 1.18 bits per heavy atom. The molecule has 17 heavy (non-hydrogen) atoms. The van der Waals surface area contributed by atoms with Crippen LogP contribution in [0.2, 0.25) is 10.0 Å². The lowest BCUT2D eigenvalue weighted by Gasteiger charge is -2.19. The molecule has 0 radical (unpaired) electrons. The van der Waals surface area contributed by atoms with Gasteiger partial charge in [-0.25, -0.2) is 0 Å². The van der Waals surface area contributed by atoms with Crippen molar-refractivity contribution >= 4 is 23.2 Å². The Labute approximate surface area is 114 Å². The number of hydrogen-bond donors (Lipinski definition) is 1. The number of benzene rings is 1. The third-order valence-electron chi connectivity index (χ3n) is 3.76. The highest BCUT2D eigenvalue weighted by molar-refractivity contribution is 6.42. The quantitative estimate of drug-likeness (QED) is 0.867. The fraction of sp³-hybridized carbons (Fsp3) is 0.571. The predicted molar refractivity (Wildman–Crippen MR) is 74.9 cm³/mol. The highest BCUT2D eigenvalue weighted by atomic mass is 35.5. The minimum atomic E-state index is 0.647. The van der Waals surface area contributed by atoms with Gasteiger partial charge in [-0.3, -0.25) is 0 Å². The molecule has 0 bridgehead atoms. The van der Waals surface area contributed by atoms with Gasteiger partial charge < -0.3 is 5.32 Å².